The summed E-state index contributed by atoms with van der Waals surface area (Å²) in [5.74, 6) is 0.656. The van der Waals surface area contributed by atoms with Crippen LogP contribution in [0.3, 0.4) is 0 Å². The Balaban J connectivity index is 1.65. The Morgan fingerprint density at radius 1 is 1.16 bits per heavy atom. The molecule has 3 aromatic rings. The number of rotatable bonds is 4. The molecule has 0 saturated carbocycles. The minimum Gasteiger partial charge on any atom is -0.361 e. The smallest absolute Gasteiger partial charge is 0.222 e. The highest BCUT2D eigenvalue weighted by Gasteiger charge is 2.02. The summed E-state index contributed by atoms with van der Waals surface area (Å²) in [6.07, 6.45) is 6.47. The number of hydrogen-bond acceptors (Lipinski definition) is 3. The van der Waals surface area contributed by atoms with Gasteiger partial charge in [-0.25, -0.2) is 9.97 Å². The lowest BCUT2D eigenvalue weighted by atomic mass is 10.1. The van der Waals surface area contributed by atoms with Gasteiger partial charge in [0, 0.05) is 36.0 Å². The maximum atomic E-state index is 4.18. The van der Waals surface area contributed by atoms with E-state index in [0.29, 0.717) is 5.95 Å². The fraction of sp³-hybridized carbons (Fsp3) is 0.143. The summed E-state index contributed by atoms with van der Waals surface area (Å²) in [4.78, 5) is 11.6. The van der Waals surface area contributed by atoms with Gasteiger partial charge in [0.25, 0.3) is 0 Å². The van der Waals surface area contributed by atoms with Gasteiger partial charge in [-0.15, -0.1) is 0 Å². The molecule has 0 aliphatic rings. The van der Waals surface area contributed by atoms with Crippen LogP contribution in [0, 0.1) is 0 Å². The number of para-hydroxylation sites is 1. The molecule has 2 N–H and O–H groups in total. The molecule has 3 rings (SSSR count). The van der Waals surface area contributed by atoms with Crippen LogP contribution in [0.15, 0.2) is 47.3 Å². The summed E-state index contributed by atoms with van der Waals surface area (Å²) in [7, 11) is 0. The van der Waals surface area contributed by atoms with Crippen LogP contribution in [0.25, 0.3) is 10.9 Å². The Labute approximate surface area is 119 Å². The molecule has 0 atom stereocenters. The van der Waals surface area contributed by atoms with E-state index in [2.05, 4.69) is 60.6 Å². The molecule has 0 aliphatic heterocycles. The van der Waals surface area contributed by atoms with E-state index in [1.54, 1.807) is 12.4 Å². The third-order valence-electron chi connectivity index (χ3n) is 2.97. The van der Waals surface area contributed by atoms with Crippen LogP contribution in [-0.4, -0.2) is 21.5 Å². The molecule has 0 amide bonds. The van der Waals surface area contributed by atoms with Gasteiger partial charge in [0.1, 0.15) is 0 Å². The number of anilines is 1. The van der Waals surface area contributed by atoms with E-state index in [0.717, 1.165) is 17.4 Å². The van der Waals surface area contributed by atoms with E-state index in [9.17, 15) is 0 Å². The van der Waals surface area contributed by atoms with Crippen molar-refractivity contribution >= 4 is 32.8 Å². The van der Waals surface area contributed by atoms with E-state index in [-0.39, 0.29) is 0 Å². The van der Waals surface area contributed by atoms with Gasteiger partial charge in [-0.1, -0.05) is 18.2 Å². The molecule has 1 aromatic carbocycles. The predicted octanol–water partition coefficient (Wildman–Crippen LogP) is 3.38. The van der Waals surface area contributed by atoms with Crippen LogP contribution in [-0.2, 0) is 6.42 Å². The number of H-pyrrole nitrogens is 1. The normalized spacial score (nSPS) is 10.8. The second-order valence-electron chi connectivity index (χ2n) is 4.26. The topological polar surface area (TPSA) is 53.6 Å². The molecule has 0 saturated heterocycles. The van der Waals surface area contributed by atoms with Crippen molar-refractivity contribution in [3.05, 3.63) is 52.9 Å². The lowest BCUT2D eigenvalue weighted by Gasteiger charge is -2.03. The van der Waals surface area contributed by atoms with Crippen molar-refractivity contribution in [3.63, 3.8) is 0 Å². The van der Waals surface area contributed by atoms with Crippen LogP contribution in [0.4, 0.5) is 5.95 Å². The predicted molar refractivity (Wildman–Crippen MR) is 80.2 cm³/mol. The van der Waals surface area contributed by atoms with E-state index >= 15 is 0 Å². The number of nitrogens with zero attached hydrogens (tertiary/aromatic N) is 2. The van der Waals surface area contributed by atoms with Crippen molar-refractivity contribution < 1.29 is 0 Å². The molecule has 2 heterocycles. The van der Waals surface area contributed by atoms with Crippen molar-refractivity contribution in [1.29, 1.82) is 0 Å². The van der Waals surface area contributed by atoms with Crippen LogP contribution in [0.5, 0.6) is 0 Å². The Hall–Kier alpha value is -1.88. The molecular weight excluding hydrogens is 304 g/mol. The highest BCUT2D eigenvalue weighted by Crippen LogP contribution is 2.18. The van der Waals surface area contributed by atoms with Gasteiger partial charge >= 0.3 is 0 Å². The number of nitrogens with one attached hydrogen (secondary N) is 2. The average Bonchev–Trinajstić information content (AvgIpc) is 2.85. The molecule has 0 unspecified atom stereocenters. The lowest BCUT2D eigenvalue weighted by molar-refractivity contribution is 0.988. The van der Waals surface area contributed by atoms with Crippen LogP contribution in [0.1, 0.15) is 5.56 Å². The third-order valence-corrected chi connectivity index (χ3v) is 3.38. The number of benzene rings is 1. The minimum absolute atomic E-state index is 0.656. The molecule has 19 heavy (non-hydrogen) atoms. The SMILES string of the molecule is Brc1cnc(NCCc2c[nH]c3ccccc23)nc1. The summed E-state index contributed by atoms with van der Waals surface area (Å²) in [6.45, 7) is 0.809. The first-order chi connectivity index (χ1) is 9.33. The minimum atomic E-state index is 0.656. The highest BCUT2D eigenvalue weighted by molar-refractivity contribution is 9.10. The molecular formula is C14H13BrN4. The van der Waals surface area contributed by atoms with Crippen LogP contribution >= 0.6 is 15.9 Å². The molecule has 0 radical (unpaired) electrons. The molecule has 5 heteroatoms. The molecule has 0 aliphatic carbocycles. The lowest BCUT2D eigenvalue weighted by Crippen LogP contribution is -2.07. The second-order valence-corrected chi connectivity index (χ2v) is 5.18. The van der Waals surface area contributed by atoms with Crippen molar-refractivity contribution in [1.82, 2.24) is 15.0 Å². The Kier molecular flexibility index (Phi) is 3.46. The number of hydrogen-bond donors (Lipinski definition) is 2. The average molecular weight is 317 g/mol. The maximum absolute atomic E-state index is 4.18. The fourth-order valence-corrected chi connectivity index (χ4v) is 2.26. The molecule has 2 aromatic heterocycles. The first kappa shape index (κ1) is 12.2. The van der Waals surface area contributed by atoms with Crippen LogP contribution in [0.2, 0.25) is 0 Å². The van der Waals surface area contributed by atoms with Crippen LogP contribution < -0.4 is 5.32 Å². The second kappa shape index (κ2) is 5.40. The molecule has 0 spiro atoms. The van der Waals surface area contributed by atoms with E-state index in [4.69, 9.17) is 0 Å². The number of halogens is 1. The van der Waals surface area contributed by atoms with Gasteiger partial charge in [-0.05, 0) is 34.0 Å². The highest BCUT2D eigenvalue weighted by atomic mass is 79.9. The van der Waals surface area contributed by atoms with Gasteiger partial charge in [0.15, 0.2) is 0 Å². The van der Waals surface area contributed by atoms with Gasteiger partial charge < -0.3 is 10.3 Å². The van der Waals surface area contributed by atoms with Crippen molar-refractivity contribution in [2.24, 2.45) is 0 Å². The van der Waals surface area contributed by atoms with Crippen molar-refractivity contribution in [3.8, 4) is 0 Å². The number of aromatic nitrogens is 3. The monoisotopic (exact) mass is 316 g/mol. The molecule has 96 valence electrons. The van der Waals surface area contributed by atoms with Gasteiger partial charge in [0.2, 0.25) is 5.95 Å². The Morgan fingerprint density at radius 2 is 1.95 bits per heavy atom. The zero-order valence-electron chi connectivity index (χ0n) is 10.2. The quantitative estimate of drug-likeness (QED) is 0.776. The largest absolute Gasteiger partial charge is 0.361 e. The van der Waals surface area contributed by atoms with E-state index in [1.165, 1.54) is 16.5 Å². The number of fused-ring (bicyclic) bond motifs is 1. The van der Waals surface area contributed by atoms with Gasteiger partial charge in [-0.2, -0.15) is 0 Å². The zero-order valence-corrected chi connectivity index (χ0v) is 11.8. The standard InChI is InChI=1S/C14H13BrN4/c15-11-8-18-14(19-9-11)16-6-5-10-7-17-13-4-2-1-3-12(10)13/h1-4,7-9,17H,5-6H2,(H,16,18,19). The fourth-order valence-electron chi connectivity index (χ4n) is 2.05. The molecule has 0 fully saturated rings. The van der Waals surface area contributed by atoms with Gasteiger partial charge in [-0.3, -0.25) is 0 Å². The van der Waals surface area contributed by atoms with E-state index < -0.39 is 0 Å². The number of aromatic amines is 1. The summed E-state index contributed by atoms with van der Waals surface area (Å²) in [5, 5.41) is 4.50. The van der Waals surface area contributed by atoms with Crippen molar-refractivity contribution in [2.75, 3.05) is 11.9 Å². The summed E-state index contributed by atoms with van der Waals surface area (Å²) < 4.78 is 0.884. The van der Waals surface area contributed by atoms with Gasteiger partial charge in [0.05, 0.1) is 4.47 Å². The van der Waals surface area contributed by atoms with E-state index in [1.807, 2.05) is 6.07 Å². The zero-order chi connectivity index (χ0) is 13.1. The Morgan fingerprint density at radius 3 is 2.79 bits per heavy atom. The summed E-state index contributed by atoms with van der Waals surface area (Å²) in [6, 6.07) is 8.32. The summed E-state index contributed by atoms with van der Waals surface area (Å²) >= 11 is 3.32. The molecule has 4 nitrogen and oxygen atoms in total. The van der Waals surface area contributed by atoms with Crippen molar-refractivity contribution in [2.45, 2.75) is 6.42 Å². The first-order valence-electron chi connectivity index (χ1n) is 6.09. The Bertz CT molecular complexity index is 675. The third kappa shape index (κ3) is 2.76. The summed E-state index contributed by atoms with van der Waals surface area (Å²) in [5.41, 5.74) is 2.48. The molecule has 0 bridgehead atoms. The maximum Gasteiger partial charge on any atom is 0.222 e. The first-order valence-corrected chi connectivity index (χ1v) is 6.88.